The van der Waals surface area contributed by atoms with Gasteiger partial charge in [-0.25, -0.2) is 0 Å². The molecule has 2 nitrogen and oxygen atoms in total. The SMILES string of the molecule is C#CCC1=C(O)CCCC1=O. The molecule has 0 aromatic carbocycles. The van der Waals surface area contributed by atoms with Crippen molar-refractivity contribution in [2.45, 2.75) is 25.7 Å². The lowest BCUT2D eigenvalue weighted by atomic mass is 9.94. The van der Waals surface area contributed by atoms with Crippen LogP contribution in [0.1, 0.15) is 25.7 Å². The van der Waals surface area contributed by atoms with Crippen LogP contribution in [0.25, 0.3) is 0 Å². The van der Waals surface area contributed by atoms with Crippen LogP contribution >= 0.6 is 0 Å². The molecule has 0 radical (unpaired) electrons. The van der Waals surface area contributed by atoms with Crippen LogP contribution in [0.15, 0.2) is 11.3 Å². The first-order valence-corrected chi connectivity index (χ1v) is 3.63. The number of terminal acetylenes is 1. The second kappa shape index (κ2) is 3.25. The van der Waals surface area contributed by atoms with Crippen LogP contribution in [0.2, 0.25) is 0 Å². The zero-order valence-electron chi connectivity index (χ0n) is 6.26. The summed E-state index contributed by atoms with van der Waals surface area (Å²) in [5.74, 6) is 2.56. The number of carbonyl (C=O) groups excluding carboxylic acids is 1. The van der Waals surface area contributed by atoms with Crippen molar-refractivity contribution in [2.24, 2.45) is 0 Å². The zero-order valence-corrected chi connectivity index (χ0v) is 6.26. The van der Waals surface area contributed by atoms with E-state index < -0.39 is 0 Å². The van der Waals surface area contributed by atoms with E-state index in [1.807, 2.05) is 0 Å². The maximum absolute atomic E-state index is 11.1. The summed E-state index contributed by atoms with van der Waals surface area (Å²) in [6, 6.07) is 0. The molecule has 0 bridgehead atoms. The van der Waals surface area contributed by atoms with E-state index in [0.29, 0.717) is 18.4 Å². The van der Waals surface area contributed by atoms with Gasteiger partial charge in [-0.05, 0) is 6.42 Å². The quantitative estimate of drug-likeness (QED) is 0.576. The standard InChI is InChI=1S/C9H10O2/c1-2-4-7-8(10)5-3-6-9(7)11/h1,10H,3-6H2. The molecule has 1 aliphatic carbocycles. The lowest BCUT2D eigenvalue weighted by molar-refractivity contribution is -0.116. The monoisotopic (exact) mass is 150 g/mol. The first-order chi connectivity index (χ1) is 5.25. The highest BCUT2D eigenvalue weighted by molar-refractivity contribution is 5.96. The Balaban J connectivity index is 2.84. The summed E-state index contributed by atoms with van der Waals surface area (Å²) in [5.41, 5.74) is 0.443. The number of aliphatic hydroxyl groups excluding tert-OH is 1. The topological polar surface area (TPSA) is 37.3 Å². The van der Waals surface area contributed by atoms with Gasteiger partial charge < -0.3 is 5.11 Å². The molecule has 0 saturated carbocycles. The number of rotatable bonds is 1. The van der Waals surface area contributed by atoms with Crippen LogP contribution in [-0.4, -0.2) is 10.9 Å². The molecular formula is C9H10O2. The molecule has 0 saturated heterocycles. The number of hydrogen-bond donors (Lipinski definition) is 1. The van der Waals surface area contributed by atoms with E-state index in [4.69, 9.17) is 6.42 Å². The summed E-state index contributed by atoms with van der Waals surface area (Å²) in [4.78, 5) is 11.1. The van der Waals surface area contributed by atoms with Crippen LogP contribution < -0.4 is 0 Å². The van der Waals surface area contributed by atoms with E-state index in [2.05, 4.69) is 5.92 Å². The van der Waals surface area contributed by atoms with Crippen molar-refractivity contribution in [3.8, 4) is 12.3 Å². The minimum Gasteiger partial charge on any atom is -0.512 e. The Labute approximate surface area is 65.9 Å². The predicted octanol–water partition coefficient (Wildman–Crippen LogP) is 1.57. The summed E-state index contributed by atoms with van der Waals surface area (Å²) < 4.78 is 0. The zero-order chi connectivity index (χ0) is 8.27. The molecule has 1 N–H and O–H groups in total. The summed E-state index contributed by atoms with van der Waals surface area (Å²) in [6.45, 7) is 0. The van der Waals surface area contributed by atoms with Crippen molar-refractivity contribution in [3.63, 3.8) is 0 Å². The normalized spacial score (nSPS) is 18.3. The first kappa shape index (κ1) is 7.87. The number of hydrogen-bond acceptors (Lipinski definition) is 2. The third-order valence-electron chi connectivity index (χ3n) is 1.78. The molecule has 0 heterocycles. The van der Waals surface area contributed by atoms with Crippen molar-refractivity contribution >= 4 is 5.78 Å². The number of aliphatic hydroxyl groups is 1. The maximum atomic E-state index is 11.1. The molecule has 0 aromatic rings. The highest BCUT2D eigenvalue weighted by Crippen LogP contribution is 2.21. The van der Waals surface area contributed by atoms with Crippen LogP contribution in [0.3, 0.4) is 0 Å². The Hall–Kier alpha value is -1.23. The maximum Gasteiger partial charge on any atom is 0.163 e. The molecule has 2 heteroatoms. The number of carbonyl (C=O) groups is 1. The van der Waals surface area contributed by atoms with E-state index in [1.165, 1.54) is 0 Å². The molecule has 11 heavy (non-hydrogen) atoms. The molecule has 1 rings (SSSR count). The van der Waals surface area contributed by atoms with Gasteiger partial charge in [0.15, 0.2) is 5.78 Å². The second-order valence-electron chi connectivity index (χ2n) is 2.58. The van der Waals surface area contributed by atoms with Gasteiger partial charge in [-0.3, -0.25) is 4.79 Å². The summed E-state index contributed by atoms with van der Waals surface area (Å²) in [6.07, 6.45) is 7.18. The molecule has 0 aromatic heterocycles. The lowest BCUT2D eigenvalue weighted by Gasteiger charge is -2.12. The number of allylic oxidation sites excluding steroid dienone is 2. The van der Waals surface area contributed by atoms with E-state index in [0.717, 1.165) is 6.42 Å². The van der Waals surface area contributed by atoms with Crippen molar-refractivity contribution in [1.82, 2.24) is 0 Å². The molecule has 0 fully saturated rings. The highest BCUT2D eigenvalue weighted by atomic mass is 16.3. The van der Waals surface area contributed by atoms with Crippen molar-refractivity contribution in [1.29, 1.82) is 0 Å². The Morgan fingerprint density at radius 3 is 2.82 bits per heavy atom. The third kappa shape index (κ3) is 1.62. The van der Waals surface area contributed by atoms with Crippen LogP contribution in [0.5, 0.6) is 0 Å². The third-order valence-corrected chi connectivity index (χ3v) is 1.78. The van der Waals surface area contributed by atoms with Gasteiger partial charge in [0.1, 0.15) is 0 Å². The first-order valence-electron chi connectivity index (χ1n) is 3.63. The van der Waals surface area contributed by atoms with Gasteiger partial charge in [0.25, 0.3) is 0 Å². The predicted molar refractivity (Wildman–Crippen MR) is 42.0 cm³/mol. The van der Waals surface area contributed by atoms with E-state index in [-0.39, 0.29) is 18.0 Å². The molecule has 0 atom stereocenters. The number of ketones is 1. The molecular weight excluding hydrogens is 140 g/mol. The van der Waals surface area contributed by atoms with Gasteiger partial charge >= 0.3 is 0 Å². The van der Waals surface area contributed by atoms with E-state index in [9.17, 15) is 9.90 Å². The molecule has 0 aliphatic heterocycles. The average Bonchev–Trinajstić information content (AvgIpc) is 1.97. The van der Waals surface area contributed by atoms with Crippen molar-refractivity contribution < 1.29 is 9.90 Å². The molecule has 1 aliphatic rings. The Morgan fingerprint density at radius 1 is 1.55 bits per heavy atom. The minimum absolute atomic E-state index is 0.00620. The minimum atomic E-state index is 0.00620. The van der Waals surface area contributed by atoms with Crippen molar-refractivity contribution in [3.05, 3.63) is 11.3 Å². The smallest absolute Gasteiger partial charge is 0.163 e. The molecule has 0 spiro atoms. The average molecular weight is 150 g/mol. The fourth-order valence-corrected chi connectivity index (χ4v) is 1.18. The lowest BCUT2D eigenvalue weighted by Crippen LogP contribution is -2.10. The van der Waals surface area contributed by atoms with Gasteiger partial charge in [0.05, 0.1) is 5.76 Å². The van der Waals surface area contributed by atoms with Crippen molar-refractivity contribution in [2.75, 3.05) is 0 Å². The van der Waals surface area contributed by atoms with E-state index >= 15 is 0 Å². The Kier molecular flexibility index (Phi) is 2.32. The fourth-order valence-electron chi connectivity index (χ4n) is 1.18. The number of Topliss-reactive ketones (excluding diaryl/α,β-unsaturated/α-hetero) is 1. The van der Waals surface area contributed by atoms with Gasteiger partial charge in [-0.15, -0.1) is 12.3 Å². The van der Waals surface area contributed by atoms with Crippen LogP contribution in [-0.2, 0) is 4.79 Å². The highest BCUT2D eigenvalue weighted by Gasteiger charge is 2.18. The van der Waals surface area contributed by atoms with Gasteiger partial charge in [0, 0.05) is 24.8 Å². The van der Waals surface area contributed by atoms with Crippen LogP contribution in [0.4, 0.5) is 0 Å². The Morgan fingerprint density at radius 2 is 2.27 bits per heavy atom. The molecule has 58 valence electrons. The van der Waals surface area contributed by atoms with Gasteiger partial charge in [0.2, 0.25) is 0 Å². The largest absolute Gasteiger partial charge is 0.512 e. The van der Waals surface area contributed by atoms with Gasteiger partial charge in [-0.1, -0.05) is 0 Å². The van der Waals surface area contributed by atoms with Crippen LogP contribution in [0, 0.1) is 12.3 Å². The summed E-state index contributed by atoms with van der Waals surface area (Å²) in [5, 5.41) is 9.23. The fraction of sp³-hybridized carbons (Fsp3) is 0.444. The van der Waals surface area contributed by atoms with E-state index in [1.54, 1.807) is 0 Å². The second-order valence-corrected chi connectivity index (χ2v) is 2.58. The van der Waals surface area contributed by atoms with Gasteiger partial charge in [-0.2, -0.15) is 0 Å². The molecule has 0 amide bonds. The molecule has 0 unspecified atom stereocenters. The summed E-state index contributed by atoms with van der Waals surface area (Å²) >= 11 is 0. The Bertz CT molecular complexity index is 243. The summed E-state index contributed by atoms with van der Waals surface area (Å²) in [7, 11) is 0.